The van der Waals surface area contributed by atoms with E-state index in [0.717, 1.165) is 30.6 Å². The van der Waals surface area contributed by atoms with Gasteiger partial charge in [-0.3, -0.25) is 0 Å². The molecule has 1 aromatic rings. The van der Waals surface area contributed by atoms with Crippen molar-refractivity contribution in [1.29, 1.82) is 0 Å². The molecule has 3 nitrogen and oxygen atoms in total. The fraction of sp³-hybridized carbons (Fsp3) is 0.400. The molecule has 18 heavy (non-hydrogen) atoms. The van der Waals surface area contributed by atoms with Crippen molar-refractivity contribution in [3.8, 4) is 5.75 Å². The summed E-state index contributed by atoms with van der Waals surface area (Å²) in [5.74, 6) is 0.555. The van der Waals surface area contributed by atoms with Gasteiger partial charge in [-0.15, -0.1) is 0 Å². The summed E-state index contributed by atoms with van der Waals surface area (Å²) in [5, 5.41) is 0. The van der Waals surface area contributed by atoms with Crippen LogP contribution in [-0.2, 0) is 9.53 Å². The number of benzene rings is 1. The third kappa shape index (κ3) is 4.24. The van der Waals surface area contributed by atoms with Crippen LogP contribution in [0, 0.1) is 0 Å². The van der Waals surface area contributed by atoms with E-state index in [-0.39, 0.29) is 5.97 Å². The Morgan fingerprint density at radius 2 is 1.89 bits per heavy atom. The number of hydrogen-bond donors (Lipinski definition) is 0. The molecular formula is C15H20O3. The standard InChI is InChI=1S/C15H20O3/c1-4-5-6-13(15(16)18-3)11-12-7-9-14(17-2)10-8-12/h7-11H,4-6H2,1-3H3/b13-11-. The van der Waals surface area contributed by atoms with Crippen LogP contribution >= 0.6 is 0 Å². The van der Waals surface area contributed by atoms with Gasteiger partial charge in [-0.05, 0) is 36.6 Å². The van der Waals surface area contributed by atoms with E-state index in [2.05, 4.69) is 6.92 Å². The van der Waals surface area contributed by atoms with Crippen LogP contribution in [0.2, 0.25) is 0 Å². The number of ether oxygens (including phenoxy) is 2. The number of esters is 1. The molecule has 0 radical (unpaired) electrons. The Morgan fingerprint density at radius 3 is 2.39 bits per heavy atom. The summed E-state index contributed by atoms with van der Waals surface area (Å²) in [6.45, 7) is 2.10. The highest BCUT2D eigenvalue weighted by atomic mass is 16.5. The van der Waals surface area contributed by atoms with Crippen LogP contribution in [0.1, 0.15) is 31.7 Å². The minimum Gasteiger partial charge on any atom is -0.497 e. The quantitative estimate of drug-likeness (QED) is 0.571. The van der Waals surface area contributed by atoms with E-state index in [1.807, 2.05) is 30.3 Å². The first kappa shape index (κ1) is 14.3. The molecule has 3 heteroatoms. The molecule has 0 aromatic heterocycles. The molecule has 0 amide bonds. The van der Waals surface area contributed by atoms with Gasteiger partial charge in [0.1, 0.15) is 5.75 Å². The normalized spacial score (nSPS) is 11.2. The first-order chi connectivity index (χ1) is 8.71. The van der Waals surface area contributed by atoms with Gasteiger partial charge in [-0.25, -0.2) is 4.79 Å². The molecule has 1 aromatic carbocycles. The average molecular weight is 248 g/mol. The Morgan fingerprint density at radius 1 is 1.22 bits per heavy atom. The monoisotopic (exact) mass is 248 g/mol. The Labute approximate surface area is 108 Å². The number of carbonyl (C=O) groups excluding carboxylic acids is 1. The Kier molecular flexibility index (Phi) is 5.98. The van der Waals surface area contributed by atoms with Gasteiger partial charge in [0.15, 0.2) is 0 Å². The van der Waals surface area contributed by atoms with E-state index < -0.39 is 0 Å². The molecule has 0 unspecified atom stereocenters. The Bertz CT molecular complexity index is 404. The molecule has 0 aliphatic heterocycles. The summed E-state index contributed by atoms with van der Waals surface area (Å²) in [7, 11) is 3.04. The van der Waals surface area contributed by atoms with Crippen LogP contribution in [0.5, 0.6) is 5.75 Å². The highest BCUT2D eigenvalue weighted by Gasteiger charge is 2.08. The summed E-state index contributed by atoms with van der Waals surface area (Å²) in [5.41, 5.74) is 1.69. The van der Waals surface area contributed by atoms with Gasteiger partial charge in [0.25, 0.3) is 0 Å². The molecule has 0 fully saturated rings. The Hall–Kier alpha value is -1.77. The molecule has 0 aliphatic carbocycles. The lowest BCUT2D eigenvalue weighted by Gasteiger charge is -2.05. The average Bonchev–Trinajstić information content (AvgIpc) is 2.43. The maximum absolute atomic E-state index is 11.6. The molecular weight excluding hydrogens is 228 g/mol. The SMILES string of the molecule is CCCC/C(=C/c1ccc(OC)cc1)C(=O)OC. The third-order valence-electron chi connectivity index (χ3n) is 2.70. The van der Waals surface area contributed by atoms with E-state index in [4.69, 9.17) is 9.47 Å². The molecule has 0 saturated carbocycles. The van der Waals surface area contributed by atoms with E-state index in [1.165, 1.54) is 7.11 Å². The third-order valence-corrected chi connectivity index (χ3v) is 2.70. The fourth-order valence-corrected chi connectivity index (χ4v) is 1.63. The van der Waals surface area contributed by atoms with Crippen LogP contribution in [0.3, 0.4) is 0 Å². The number of carbonyl (C=O) groups is 1. The number of rotatable bonds is 6. The zero-order chi connectivity index (χ0) is 13.4. The summed E-state index contributed by atoms with van der Waals surface area (Å²) in [6.07, 6.45) is 4.66. The van der Waals surface area contributed by atoms with Gasteiger partial charge in [0.05, 0.1) is 14.2 Å². The lowest BCUT2D eigenvalue weighted by Crippen LogP contribution is -2.04. The van der Waals surface area contributed by atoms with Crippen molar-refractivity contribution >= 4 is 12.0 Å². The van der Waals surface area contributed by atoms with Crippen molar-refractivity contribution in [1.82, 2.24) is 0 Å². The second kappa shape index (κ2) is 7.54. The van der Waals surface area contributed by atoms with Gasteiger partial charge < -0.3 is 9.47 Å². The maximum Gasteiger partial charge on any atom is 0.333 e. The topological polar surface area (TPSA) is 35.5 Å². The molecule has 0 saturated heterocycles. The van der Waals surface area contributed by atoms with Crippen LogP contribution in [0.4, 0.5) is 0 Å². The first-order valence-corrected chi connectivity index (χ1v) is 6.14. The van der Waals surface area contributed by atoms with E-state index >= 15 is 0 Å². The van der Waals surface area contributed by atoms with Gasteiger partial charge in [0.2, 0.25) is 0 Å². The smallest absolute Gasteiger partial charge is 0.333 e. The molecule has 0 heterocycles. The molecule has 0 atom stereocenters. The summed E-state index contributed by atoms with van der Waals surface area (Å²) in [6, 6.07) is 7.60. The number of hydrogen-bond acceptors (Lipinski definition) is 3. The second-order valence-corrected chi connectivity index (χ2v) is 4.04. The predicted molar refractivity (Wildman–Crippen MR) is 72.5 cm³/mol. The zero-order valence-electron chi connectivity index (χ0n) is 11.2. The predicted octanol–water partition coefficient (Wildman–Crippen LogP) is 3.44. The summed E-state index contributed by atoms with van der Waals surface area (Å²) < 4.78 is 9.89. The lowest BCUT2D eigenvalue weighted by atomic mass is 10.1. The summed E-state index contributed by atoms with van der Waals surface area (Å²) in [4.78, 5) is 11.6. The lowest BCUT2D eigenvalue weighted by molar-refractivity contribution is -0.136. The van der Waals surface area contributed by atoms with Gasteiger partial charge >= 0.3 is 5.97 Å². The van der Waals surface area contributed by atoms with Gasteiger partial charge in [-0.2, -0.15) is 0 Å². The minimum absolute atomic E-state index is 0.251. The summed E-state index contributed by atoms with van der Waals surface area (Å²) >= 11 is 0. The van der Waals surface area contributed by atoms with Crippen molar-refractivity contribution in [2.75, 3.05) is 14.2 Å². The molecule has 1 rings (SSSR count). The van der Waals surface area contributed by atoms with Crippen molar-refractivity contribution < 1.29 is 14.3 Å². The first-order valence-electron chi connectivity index (χ1n) is 6.14. The molecule has 0 N–H and O–H groups in total. The van der Waals surface area contributed by atoms with Crippen LogP contribution in [0.15, 0.2) is 29.8 Å². The Balaban J connectivity index is 2.87. The van der Waals surface area contributed by atoms with Crippen molar-refractivity contribution in [2.24, 2.45) is 0 Å². The second-order valence-electron chi connectivity index (χ2n) is 4.04. The number of methoxy groups -OCH3 is 2. The van der Waals surface area contributed by atoms with Crippen molar-refractivity contribution in [3.63, 3.8) is 0 Å². The molecule has 0 bridgehead atoms. The van der Waals surface area contributed by atoms with Crippen molar-refractivity contribution in [2.45, 2.75) is 26.2 Å². The highest BCUT2D eigenvalue weighted by molar-refractivity contribution is 5.93. The highest BCUT2D eigenvalue weighted by Crippen LogP contribution is 2.17. The molecule has 0 spiro atoms. The van der Waals surface area contributed by atoms with Gasteiger partial charge in [0, 0.05) is 5.57 Å². The van der Waals surface area contributed by atoms with Crippen LogP contribution < -0.4 is 4.74 Å². The molecule has 0 aliphatic rings. The maximum atomic E-state index is 11.6. The number of unbranched alkanes of at least 4 members (excludes halogenated alkanes) is 1. The van der Waals surface area contributed by atoms with Gasteiger partial charge in [-0.1, -0.05) is 25.5 Å². The van der Waals surface area contributed by atoms with E-state index in [9.17, 15) is 4.79 Å². The van der Waals surface area contributed by atoms with Crippen molar-refractivity contribution in [3.05, 3.63) is 35.4 Å². The van der Waals surface area contributed by atoms with Crippen LogP contribution in [-0.4, -0.2) is 20.2 Å². The minimum atomic E-state index is -0.251. The molecule has 98 valence electrons. The fourth-order valence-electron chi connectivity index (χ4n) is 1.63. The van der Waals surface area contributed by atoms with Crippen LogP contribution in [0.25, 0.3) is 6.08 Å². The zero-order valence-corrected chi connectivity index (χ0v) is 11.2. The largest absolute Gasteiger partial charge is 0.497 e. The van der Waals surface area contributed by atoms with E-state index in [0.29, 0.717) is 5.57 Å². The van der Waals surface area contributed by atoms with E-state index in [1.54, 1.807) is 7.11 Å².